The second-order valence-corrected chi connectivity index (χ2v) is 10.1. The Morgan fingerprint density at radius 1 is 1.09 bits per heavy atom. The predicted molar refractivity (Wildman–Crippen MR) is 124 cm³/mol. The maximum absolute atomic E-state index is 12.6. The summed E-state index contributed by atoms with van der Waals surface area (Å²) in [5.74, 6) is -1.33. The Morgan fingerprint density at radius 2 is 1.82 bits per heavy atom. The molecule has 1 aliphatic heterocycles. The Labute approximate surface area is 195 Å². The van der Waals surface area contributed by atoms with Crippen molar-refractivity contribution in [1.29, 1.82) is 0 Å². The van der Waals surface area contributed by atoms with E-state index in [0.29, 0.717) is 25.8 Å². The molecule has 3 rings (SSSR count). The van der Waals surface area contributed by atoms with E-state index in [9.17, 15) is 24.1 Å². The Bertz CT molecular complexity index is 828. The first-order valence-electron chi connectivity index (χ1n) is 11.9. The smallest absolute Gasteiger partial charge is 0.480 e. The zero-order chi connectivity index (χ0) is 23.6. The van der Waals surface area contributed by atoms with Crippen LogP contribution in [0.5, 0.6) is 0 Å². The van der Waals surface area contributed by atoms with Crippen molar-refractivity contribution in [1.82, 2.24) is 10.2 Å². The number of hydrogen-bond donors (Lipinski definition) is 2. The molecule has 1 saturated heterocycles. The molecule has 1 aromatic carbocycles. The van der Waals surface area contributed by atoms with Gasteiger partial charge in [0.2, 0.25) is 5.91 Å². The topological polar surface area (TPSA) is 113 Å². The van der Waals surface area contributed by atoms with E-state index in [2.05, 4.69) is 17.4 Å². The van der Waals surface area contributed by atoms with Gasteiger partial charge in [-0.25, -0.2) is 4.79 Å². The van der Waals surface area contributed by atoms with E-state index < -0.39 is 25.9 Å². The van der Waals surface area contributed by atoms with Crippen LogP contribution in [0, 0.1) is 5.92 Å². The first-order chi connectivity index (χ1) is 15.9. The van der Waals surface area contributed by atoms with Gasteiger partial charge in [0.15, 0.2) is 0 Å². The van der Waals surface area contributed by atoms with Crippen LogP contribution in [0.2, 0.25) is 0 Å². The fourth-order valence-electron chi connectivity index (χ4n) is 4.65. The second kappa shape index (κ2) is 12.8. The molecule has 1 aliphatic carbocycles. The number of hydrogen-bond acceptors (Lipinski definition) is 5. The third kappa shape index (κ3) is 7.90. The summed E-state index contributed by atoms with van der Waals surface area (Å²) in [5, 5.41) is 12.4. The van der Waals surface area contributed by atoms with Crippen LogP contribution in [0.4, 0.5) is 0 Å². The fraction of sp³-hybridized carbons (Fsp3) is 0.625. The lowest BCUT2D eigenvalue weighted by Gasteiger charge is -2.20. The molecule has 0 spiro atoms. The summed E-state index contributed by atoms with van der Waals surface area (Å²) in [6.45, 7) is 0.531. The number of aryl methyl sites for hydroxylation is 1. The van der Waals surface area contributed by atoms with Gasteiger partial charge in [-0.15, -0.1) is 4.52 Å². The van der Waals surface area contributed by atoms with Crippen LogP contribution in [0.15, 0.2) is 30.3 Å². The molecule has 2 unspecified atom stereocenters. The SMILES string of the molecule is O=C(NC(CCO[P+](=O)CC(=O)N1CCC[C@H]1C(=O)O)CCc1ccccc1)C1CCCC1. The fourth-order valence-corrected chi connectivity index (χ4v) is 5.45. The van der Waals surface area contributed by atoms with Crippen molar-refractivity contribution in [2.45, 2.75) is 69.9 Å². The number of aliphatic carboxylic acids is 1. The van der Waals surface area contributed by atoms with Crippen LogP contribution >= 0.6 is 8.03 Å². The number of carbonyl (C=O) groups excluding carboxylic acids is 2. The highest BCUT2D eigenvalue weighted by molar-refractivity contribution is 7.40. The van der Waals surface area contributed by atoms with Crippen molar-refractivity contribution in [2.75, 3.05) is 19.3 Å². The average Bonchev–Trinajstić information content (AvgIpc) is 3.50. The Hall–Kier alpha value is -2.31. The van der Waals surface area contributed by atoms with Crippen LogP contribution in [-0.2, 0) is 29.9 Å². The number of nitrogens with zero attached hydrogens (tertiary/aromatic N) is 1. The quantitative estimate of drug-likeness (QED) is 0.446. The molecule has 2 fully saturated rings. The molecular weight excluding hydrogens is 443 g/mol. The van der Waals surface area contributed by atoms with Crippen molar-refractivity contribution in [2.24, 2.45) is 5.92 Å². The summed E-state index contributed by atoms with van der Waals surface area (Å²) in [5.41, 5.74) is 1.19. The standard InChI is InChI=1S/C24H33N2O6P/c27-22(26-15-6-11-21(26)24(29)30)17-33(31)32-16-14-20(13-12-18-7-2-1-3-8-18)25-23(28)19-9-4-5-10-19/h1-3,7-8,19-21H,4-6,9-17H2,(H-,25,28,29,30)/p+1/t20?,21-/m0/s1. The van der Waals surface area contributed by atoms with Gasteiger partial charge in [-0.2, -0.15) is 0 Å². The lowest BCUT2D eigenvalue weighted by atomic mass is 10.0. The lowest BCUT2D eigenvalue weighted by Crippen LogP contribution is -2.41. The van der Waals surface area contributed by atoms with Gasteiger partial charge < -0.3 is 15.3 Å². The summed E-state index contributed by atoms with van der Waals surface area (Å²) in [6.07, 6.45) is 6.82. The third-order valence-electron chi connectivity index (χ3n) is 6.52. The largest absolute Gasteiger partial charge is 0.518 e. The van der Waals surface area contributed by atoms with Crippen molar-refractivity contribution >= 4 is 25.8 Å². The number of carbonyl (C=O) groups is 3. The van der Waals surface area contributed by atoms with E-state index in [4.69, 9.17) is 4.52 Å². The van der Waals surface area contributed by atoms with E-state index >= 15 is 0 Å². The highest BCUT2D eigenvalue weighted by Crippen LogP contribution is 2.27. The molecule has 3 atom stereocenters. The minimum absolute atomic E-state index is 0.0713. The number of carboxylic acids is 1. The van der Waals surface area contributed by atoms with Gasteiger partial charge in [0.1, 0.15) is 12.6 Å². The summed E-state index contributed by atoms with van der Waals surface area (Å²) in [4.78, 5) is 37.5. The van der Waals surface area contributed by atoms with E-state index in [1.807, 2.05) is 18.2 Å². The molecule has 0 aromatic heterocycles. The third-order valence-corrected chi connectivity index (χ3v) is 7.52. The number of rotatable bonds is 12. The van der Waals surface area contributed by atoms with Crippen molar-refractivity contribution < 1.29 is 28.6 Å². The van der Waals surface area contributed by atoms with E-state index in [1.54, 1.807) is 0 Å². The molecule has 2 amide bonds. The molecular formula is C24H34N2O6P+. The Kier molecular flexibility index (Phi) is 9.82. The Morgan fingerprint density at radius 3 is 2.52 bits per heavy atom. The molecule has 1 aromatic rings. The highest BCUT2D eigenvalue weighted by atomic mass is 31.1. The lowest BCUT2D eigenvalue weighted by molar-refractivity contribution is -0.147. The predicted octanol–water partition coefficient (Wildman–Crippen LogP) is 3.52. The number of nitrogens with one attached hydrogen (secondary N) is 1. The molecule has 180 valence electrons. The van der Waals surface area contributed by atoms with Gasteiger partial charge in [-0.05, 0) is 55.1 Å². The van der Waals surface area contributed by atoms with E-state index in [0.717, 1.165) is 38.5 Å². The van der Waals surface area contributed by atoms with Crippen LogP contribution in [0.1, 0.15) is 56.9 Å². The molecule has 1 saturated carbocycles. The van der Waals surface area contributed by atoms with Gasteiger partial charge in [-0.1, -0.05) is 43.2 Å². The monoisotopic (exact) mass is 477 g/mol. The highest BCUT2D eigenvalue weighted by Gasteiger charge is 2.37. The molecule has 2 N–H and O–H groups in total. The van der Waals surface area contributed by atoms with Gasteiger partial charge >= 0.3 is 14.0 Å². The minimum atomic E-state index is -2.23. The molecule has 8 nitrogen and oxygen atoms in total. The second-order valence-electron chi connectivity index (χ2n) is 8.91. The normalized spacial score (nSPS) is 19.9. The summed E-state index contributed by atoms with van der Waals surface area (Å²) in [7, 11) is -2.23. The maximum Gasteiger partial charge on any atom is 0.518 e. The van der Waals surface area contributed by atoms with Gasteiger partial charge in [0.25, 0.3) is 12.1 Å². The minimum Gasteiger partial charge on any atom is -0.480 e. The maximum atomic E-state index is 12.6. The van der Waals surface area contributed by atoms with Crippen LogP contribution in [0.3, 0.4) is 0 Å². The molecule has 33 heavy (non-hydrogen) atoms. The van der Waals surface area contributed by atoms with Gasteiger partial charge in [-0.3, -0.25) is 9.59 Å². The van der Waals surface area contributed by atoms with Crippen LogP contribution in [-0.4, -0.2) is 59.2 Å². The molecule has 1 heterocycles. The van der Waals surface area contributed by atoms with E-state index in [-0.39, 0.29) is 30.6 Å². The van der Waals surface area contributed by atoms with Crippen LogP contribution < -0.4 is 5.32 Å². The van der Waals surface area contributed by atoms with Crippen LogP contribution in [0.25, 0.3) is 0 Å². The molecule has 0 radical (unpaired) electrons. The molecule has 0 bridgehead atoms. The van der Waals surface area contributed by atoms with Gasteiger partial charge in [0.05, 0.1) is 0 Å². The number of carboxylic acid groups (broad SMARTS) is 1. The molecule has 9 heteroatoms. The molecule has 2 aliphatic rings. The van der Waals surface area contributed by atoms with E-state index in [1.165, 1.54) is 10.5 Å². The van der Waals surface area contributed by atoms with Crippen molar-refractivity contribution in [3.05, 3.63) is 35.9 Å². The summed E-state index contributed by atoms with van der Waals surface area (Å²) >= 11 is 0. The average molecular weight is 478 g/mol. The van der Waals surface area contributed by atoms with Crippen molar-refractivity contribution in [3.8, 4) is 0 Å². The van der Waals surface area contributed by atoms with Crippen molar-refractivity contribution in [3.63, 3.8) is 0 Å². The zero-order valence-corrected chi connectivity index (χ0v) is 19.9. The zero-order valence-electron chi connectivity index (χ0n) is 19.0. The number of benzene rings is 1. The Balaban J connectivity index is 1.46. The first-order valence-corrected chi connectivity index (χ1v) is 13.2. The van der Waals surface area contributed by atoms with Gasteiger partial charge in [0, 0.05) is 18.5 Å². The number of likely N-dealkylation sites (tertiary alicyclic amines) is 1. The summed E-state index contributed by atoms with van der Waals surface area (Å²) < 4.78 is 17.7. The first kappa shape index (κ1) is 25.3. The number of amides is 2. The summed E-state index contributed by atoms with van der Waals surface area (Å²) in [6, 6.07) is 9.11.